The van der Waals surface area contributed by atoms with Gasteiger partial charge in [0.15, 0.2) is 5.13 Å². The summed E-state index contributed by atoms with van der Waals surface area (Å²) < 4.78 is 25.2. The Bertz CT molecular complexity index is 1560. The van der Waals surface area contributed by atoms with Crippen LogP contribution in [0.2, 0.25) is 0 Å². The highest BCUT2D eigenvalue weighted by atomic mass is 32.1. The molecule has 1 aromatic heterocycles. The van der Waals surface area contributed by atoms with Crippen molar-refractivity contribution >= 4 is 44.1 Å². The van der Waals surface area contributed by atoms with Crippen molar-refractivity contribution in [2.75, 3.05) is 18.6 Å². The number of ketones is 1. The maximum atomic E-state index is 13.5. The van der Waals surface area contributed by atoms with Crippen LogP contribution in [-0.2, 0) is 9.59 Å². The highest BCUT2D eigenvalue weighted by molar-refractivity contribution is 7.22. The first-order chi connectivity index (χ1) is 17.9. The summed E-state index contributed by atoms with van der Waals surface area (Å²) in [5, 5.41) is 11.5. The van der Waals surface area contributed by atoms with Crippen LogP contribution in [0.15, 0.2) is 85.0 Å². The number of amides is 1. The standard InChI is InChI=1S/C28H21FN2O5S/c1-3-13-36-20-6-4-5-17(14-20)24-23(25(32)16-7-9-18(29)10-8-16)26(33)27(34)31(24)28-30-21-12-11-19(35-2)15-22(21)37-28/h3-12,14-15,24,32H,1,13H2,2H3. The Morgan fingerprint density at radius 3 is 2.65 bits per heavy atom. The van der Waals surface area contributed by atoms with Crippen LogP contribution in [0.4, 0.5) is 9.52 Å². The molecule has 2 heterocycles. The fourth-order valence-corrected chi connectivity index (χ4v) is 5.18. The molecule has 1 unspecified atom stereocenters. The first-order valence-electron chi connectivity index (χ1n) is 11.3. The number of methoxy groups -OCH3 is 1. The fourth-order valence-electron chi connectivity index (χ4n) is 4.16. The lowest BCUT2D eigenvalue weighted by molar-refractivity contribution is -0.132. The number of hydrogen-bond acceptors (Lipinski definition) is 7. The number of rotatable bonds is 7. The Labute approximate surface area is 215 Å². The van der Waals surface area contributed by atoms with E-state index in [9.17, 15) is 19.1 Å². The van der Waals surface area contributed by atoms with Gasteiger partial charge in [-0.25, -0.2) is 9.37 Å². The highest BCUT2D eigenvalue weighted by Crippen LogP contribution is 2.45. The zero-order chi connectivity index (χ0) is 26.1. The minimum Gasteiger partial charge on any atom is -0.507 e. The summed E-state index contributed by atoms with van der Waals surface area (Å²) in [6.45, 7) is 3.91. The summed E-state index contributed by atoms with van der Waals surface area (Å²) in [5.74, 6) is -1.49. The molecular formula is C28H21FN2O5S. The second kappa shape index (κ2) is 9.87. The zero-order valence-electron chi connectivity index (χ0n) is 19.7. The molecule has 0 bridgehead atoms. The van der Waals surface area contributed by atoms with Crippen LogP contribution in [0, 0.1) is 5.82 Å². The normalized spacial score (nSPS) is 16.8. The highest BCUT2D eigenvalue weighted by Gasteiger charge is 2.48. The van der Waals surface area contributed by atoms with Gasteiger partial charge in [0.1, 0.15) is 29.7 Å². The molecule has 37 heavy (non-hydrogen) atoms. The molecule has 1 aliphatic rings. The van der Waals surface area contributed by atoms with Crippen molar-refractivity contribution in [3.63, 3.8) is 0 Å². The number of carbonyl (C=O) groups is 2. The average Bonchev–Trinajstić information content (AvgIpc) is 3.45. The van der Waals surface area contributed by atoms with E-state index in [1.165, 1.54) is 40.5 Å². The number of aliphatic hydroxyl groups is 1. The van der Waals surface area contributed by atoms with E-state index in [0.29, 0.717) is 22.6 Å². The number of aliphatic hydroxyl groups excluding tert-OH is 1. The molecule has 5 rings (SSSR count). The molecule has 0 aliphatic carbocycles. The fraction of sp³-hybridized carbons (Fsp3) is 0.107. The molecule has 1 N–H and O–H groups in total. The molecule has 0 radical (unpaired) electrons. The third-order valence-electron chi connectivity index (χ3n) is 5.89. The van der Waals surface area contributed by atoms with E-state index in [2.05, 4.69) is 11.6 Å². The molecule has 1 fully saturated rings. The van der Waals surface area contributed by atoms with Crippen LogP contribution >= 0.6 is 11.3 Å². The number of ether oxygens (including phenoxy) is 2. The number of carbonyl (C=O) groups excluding carboxylic acids is 2. The Kier molecular flexibility index (Phi) is 6.45. The summed E-state index contributed by atoms with van der Waals surface area (Å²) in [5.41, 5.74) is 1.23. The van der Waals surface area contributed by atoms with Crippen LogP contribution < -0.4 is 14.4 Å². The van der Waals surface area contributed by atoms with Gasteiger partial charge in [-0.1, -0.05) is 36.1 Å². The van der Waals surface area contributed by atoms with Gasteiger partial charge in [-0.15, -0.1) is 0 Å². The lowest BCUT2D eigenvalue weighted by Gasteiger charge is -2.23. The zero-order valence-corrected chi connectivity index (χ0v) is 20.5. The van der Waals surface area contributed by atoms with Gasteiger partial charge < -0.3 is 14.6 Å². The molecular weight excluding hydrogens is 495 g/mol. The third-order valence-corrected chi connectivity index (χ3v) is 6.91. The molecule has 1 saturated heterocycles. The Balaban J connectivity index is 1.70. The molecule has 3 aromatic carbocycles. The number of anilines is 1. The molecule has 186 valence electrons. The van der Waals surface area contributed by atoms with E-state index in [-0.39, 0.29) is 22.9 Å². The van der Waals surface area contributed by atoms with E-state index in [1.807, 2.05) is 0 Å². The average molecular weight is 517 g/mol. The second-order valence-corrected chi connectivity index (χ2v) is 9.19. The van der Waals surface area contributed by atoms with Crippen molar-refractivity contribution < 1.29 is 28.6 Å². The Hall–Kier alpha value is -4.50. The lowest BCUT2D eigenvalue weighted by Crippen LogP contribution is -2.29. The first-order valence-corrected chi connectivity index (χ1v) is 12.1. The largest absolute Gasteiger partial charge is 0.507 e. The van der Waals surface area contributed by atoms with Crippen LogP contribution in [0.1, 0.15) is 17.2 Å². The van der Waals surface area contributed by atoms with Gasteiger partial charge in [0.2, 0.25) is 0 Å². The quantitative estimate of drug-likeness (QED) is 0.148. The number of Topliss-reactive ketones (excluding diaryl/α,β-unsaturated/α-hetero) is 1. The van der Waals surface area contributed by atoms with Gasteiger partial charge in [-0.3, -0.25) is 14.5 Å². The molecule has 7 nitrogen and oxygen atoms in total. The minimum absolute atomic E-state index is 0.130. The van der Waals surface area contributed by atoms with E-state index in [0.717, 1.165) is 4.70 Å². The molecule has 1 atom stereocenters. The number of halogens is 1. The minimum atomic E-state index is -1.00. The van der Waals surface area contributed by atoms with Crippen molar-refractivity contribution in [1.29, 1.82) is 0 Å². The van der Waals surface area contributed by atoms with Crippen LogP contribution in [0.5, 0.6) is 11.5 Å². The summed E-state index contributed by atoms with van der Waals surface area (Å²) in [4.78, 5) is 32.6. The van der Waals surface area contributed by atoms with Crippen molar-refractivity contribution in [2.45, 2.75) is 6.04 Å². The van der Waals surface area contributed by atoms with Gasteiger partial charge >= 0.3 is 5.91 Å². The monoisotopic (exact) mass is 516 g/mol. The van der Waals surface area contributed by atoms with Gasteiger partial charge in [0, 0.05) is 5.56 Å². The van der Waals surface area contributed by atoms with E-state index >= 15 is 0 Å². The smallest absolute Gasteiger partial charge is 0.301 e. The van der Waals surface area contributed by atoms with Crippen molar-refractivity contribution in [1.82, 2.24) is 4.98 Å². The predicted octanol–water partition coefficient (Wildman–Crippen LogP) is 5.64. The molecule has 9 heteroatoms. The van der Waals surface area contributed by atoms with Crippen LogP contribution in [0.25, 0.3) is 16.0 Å². The molecule has 0 saturated carbocycles. The summed E-state index contributed by atoms with van der Waals surface area (Å²) in [6, 6.07) is 16.3. The molecule has 1 amide bonds. The predicted molar refractivity (Wildman–Crippen MR) is 139 cm³/mol. The number of hydrogen-bond donors (Lipinski definition) is 1. The molecule has 0 spiro atoms. The van der Waals surface area contributed by atoms with E-state index in [4.69, 9.17) is 9.47 Å². The number of benzene rings is 3. The maximum absolute atomic E-state index is 13.5. The SMILES string of the molecule is C=CCOc1cccc(C2C(=C(O)c3ccc(F)cc3)C(=O)C(=O)N2c2nc3ccc(OC)cc3s2)c1. The van der Waals surface area contributed by atoms with Gasteiger partial charge in [0.25, 0.3) is 5.78 Å². The van der Waals surface area contributed by atoms with Crippen molar-refractivity contribution in [3.8, 4) is 11.5 Å². The van der Waals surface area contributed by atoms with Crippen LogP contribution in [-0.4, -0.2) is 35.5 Å². The Morgan fingerprint density at radius 1 is 1.14 bits per heavy atom. The number of aromatic nitrogens is 1. The van der Waals surface area contributed by atoms with E-state index in [1.54, 1.807) is 55.7 Å². The first kappa shape index (κ1) is 24.2. The lowest BCUT2D eigenvalue weighted by atomic mass is 9.95. The van der Waals surface area contributed by atoms with Gasteiger partial charge in [0.05, 0.1) is 28.9 Å². The van der Waals surface area contributed by atoms with Gasteiger partial charge in [-0.05, 0) is 60.2 Å². The number of thiazole rings is 1. The summed E-state index contributed by atoms with van der Waals surface area (Å²) >= 11 is 1.22. The second-order valence-electron chi connectivity index (χ2n) is 8.18. The summed E-state index contributed by atoms with van der Waals surface area (Å²) in [6.07, 6.45) is 1.60. The Morgan fingerprint density at radius 2 is 1.92 bits per heavy atom. The van der Waals surface area contributed by atoms with Crippen molar-refractivity contribution in [3.05, 3.63) is 102 Å². The van der Waals surface area contributed by atoms with Crippen molar-refractivity contribution in [2.24, 2.45) is 0 Å². The van der Waals surface area contributed by atoms with Gasteiger partial charge in [-0.2, -0.15) is 0 Å². The molecule has 1 aliphatic heterocycles. The number of fused-ring (bicyclic) bond motifs is 1. The third kappa shape index (κ3) is 4.45. The number of nitrogens with zero attached hydrogens (tertiary/aromatic N) is 2. The van der Waals surface area contributed by atoms with E-state index < -0.39 is 29.3 Å². The molecule has 4 aromatic rings. The van der Waals surface area contributed by atoms with Crippen LogP contribution in [0.3, 0.4) is 0 Å². The summed E-state index contributed by atoms with van der Waals surface area (Å²) in [7, 11) is 1.55. The topological polar surface area (TPSA) is 89.0 Å². The maximum Gasteiger partial charge on any atom is 0.301 e.